The molecule has 5 heteroatoms. The van der Waals surface area contributed by atoms with Crippen molar-refractivity contribution in [2.75, 3.05) is 5.75 Å². The summed E-state index contributed by atoms with van der Waals surface area (Å²) in [7, 11) is 0. The van der Waals surface area contributed by atoms with Crippen molar-refractivity contribution in [1.82, 2.24) is 0 Å². The molecular weight excluding hydrogens is 316 g/mol. The van der Waals surface area contributed by atoms with Gasteiger partial charge in [-0.05, 0) is 56.2 Å². The van der Waals surface area contributed by atoms with E-state index in [0.717, 1.165) is 9.37 Å². The maximum absolute atomic E-state index is 11.9. The fourth-order valence-electron chi connectivity index (χ4n) is 1.27. The zero-order valence-electron chi connectivity index (χ0n) is 10.7. The van der Waals surface area contributed by atoms with Crippen LogP contribution in [0.2, 0.25) is 0 Å². The second-order valence-corrected chi connectivity index (χ2v) is 7.33. The molecule has 3 nitrogen and oxygen atoms in total. The number of carbonyl (C=O) groups is 1. The minimum Gasteiger partial charge on any atom is -0.611 e. The second-order valence-electron chi connectivity index (χ2n) is 4.84. The summed E-state index contributed by atoms with van der Waals surface area (Å²) < 4.78 is 18.0. The van der Waals surface area contributed by atoms with Crippen molar-refractivity contribution in [2.24, 2.45) is 0 Å². The van der Waals surface area contributed by atoms with Crippen LogP contribution in [0.3, 0.4) is 0 Å². The van der Waals surface area contributed by atoms with Crippen LogP contribution in [0.5, 0.6) is 0 Å². The minimum absolute atomic E-state index is 0.167. The Kier molecular flexibility index (Phi) is 5.69. The lowest BCUT2D eigenvalue weighted by Gasteiger charge is -2.19. The Hall–Kier alpha value is -0.520. The number of hydrogen-bond acceptors (Lipinski definition) is 3. The van der Waals surface area contributed by atoms with E-state index in [1.807, 2.05) is 32.9 Å². The third kappa shape index (κ3) is 5.89. The number of benzene rings is 1. The highest BCUT2D eigenvalue weighted by Gasteiger charge is 2.19. The summed E-state index contributed by atoms with van der Waals surface area (Å²) in [5.74, 6) is -0.0238. The molecule has 0 bridgehead atoms. The highest BCUT2D eigenvalue weighted by Crippen LogP contribution is 2.17. The van der Waals surface area contributed by atoms with E-state index < -0.39 is 16.8 Å². The first-order valence-electron chi connectivity index (χ1n) is 5.64. The van der Waals surface area contributed by atoms with E-state index in [2.05, 4.69) is 15.9 Å². The Balaban J connectivity index is 2.44. The van der Waals surface area contributed by atoms with Gasteiger partial charge in [0.25, 0.3) is 0 Å². The molecule has 0 aliphatic heterocycles. The van der Waals surface area contributed by atoms with E-state index in [9.17, 15) is 9.35 Å². The summed E-state index contributed by atoms with van der Waals surface area (Å²) in [6, 6.07) is 7.24. The molecule has 0 heterocycles. The molecule has 0 saturated heterocycles. The zero-order valence-corrected chi connectivity index (χ0v) is 13.1. The zero-order chi connectivity index (χ0) is 13.8. The second kappa shape index (κ2) is 6.59. The predicted octanol–water partition coefficient (Wildman–Crippen LogP) is 3.29. The average Bonchev–Trinajstić information content (AvgIpc) is 2.24. The van der Waals surface area contributed by atoms with Crippen LogP contribution in [-0.4, -0.2) is 21.9 Å². The van der Waals surface area contributed by atoms with Crippen LogP contribution >= 0.6 is 15.9 Å². The van der Waals surface area contributed by atoms with Gasteiger partial charge in [0.05, 0.1) is 6.42 Å². The van der Waals surface area contributed by atoms with Gasteiger partial charge < -0.3 is 9.29 Å². The van der Waals surface area contributed by atoms with E-state index in [1.54, 1.807) is 12.1 Å². The molecule has 0 fully saturated rings. The van der Waals surface area contributed by atoms with Crippen molar-refractivity contribution in [2.45, 2.75) is 37.7 Å². The van der Waals surface area contributed by atoms with E-state index in [0.29, 0.717) is 0 Å². The van der Waals surface area contributed by atoms with Gasteiger partial charge in [0, 0.05) is 4.47 Å². The molecule has 0 aliphatic carbocycles. The fraction of sp³-hybridized carbons (Fsp3) is 0.462. The largest absolute Gasteiger partial charge is 0.611 e. The smallest absolute Gasteiger partial charge is 0.311 e. The third-order valence-corrected chi connectivity index (χ3v) is 3.89. The number of hydrogen-bond donors (Lipinski definition) is 0. The minimum atomic E-state index is -1.16. The molecule has 1 unspecified atom stereocenters. The summed E-state index contributed by atoms with van der Waals surface area (Å²) >= 11 is 2.15. The lowest BCUT2D eigenvalue weighted by atomic mass is 10.2. The molecule has 0 radical (unpaired) electrons. The first-order chi connectivity index (χ1) is 8.28. The molecule has 0 aliphatic rings. The molecule has 0 amide bonds. The molecule has 0 saturated carbocycles. The first-order valence-corrected chi connectivity index (χ1v) is 7.75. The van der Waals surface area contributed by atoms with Gasteiger partial charge >= 0.3 is 5.97 Å². The van der Waals surface area contributed by atoms with Gasteiger partial charge in [-0.15, -0.1) is 0 Å². The SMILES string of the molecule is CC(C)(C)OC(=O)CC[S+]([O-])c1ccc(Br)cc1. The van der Waals surface area contributed by atoms with Crippen LogP contribution in [0.15, 0.2) is 33.6 Å². The fourth-order valence-corrected chi connectivity index (χ4v) is 2.56. The molecule has 100 valence electrons. The number of rotatable bonds is 4. The molecule has 18 heavy (non-hydrogen) atoms. The quantitative estimate of drug-likeness (QED) is 0.627. The monoisotopic (exact) mass is 332 g/mol. The van der Waals surface area contributed by atoms with E-state index in [1.165, 1.54) is 0 Å². The lowest BCUT2D eigenvalue weighted by molar-refractivity contribution is -0.154. The summed E-state index contributed by atoms with van der Waals surface area (Å²) in [5.41, 5.74) is -0.490. The van der Waals surface area contributed by atoms with Gasteiger partial charge in [-0.1, -0.05) is 15.9 Å². The Labute approximate surface area is 119 Å². The molecule has 0 aromatic heterocycles. The van der Waals surface area contributed by atoms with Gasteiger partial charge in [0.1, 0.15) is 11.4 Å². The lowest BCUT2D eigenvalue weighted by Crippen LogP contribution is -2.25. The Bertz CT molecular complexity index is 398. The molecule has 1 atom stereocenters. The van der Waals surface area contributed by atoms with Crippen LogP contribution in [0.4, 0.5) is 0 Å². The van der Waals surface area contributed by atoms with Crippen LogP contribution in [-0.2, 0) is 20.7 Å². The highest BCUT2D eigenvalue weighted by atomic mass is 79.9. The number of esters is 1. The summed E-state index contributed by atoms with van der Waals surface area (Å²) in [4.78, 5) is 12.2. The van der Waals surface area contributed by atoms with Gasteiger partial charge in [0.2, 0.25) is 0 Å². The van der Waals surface area contributed by atoms with Crippen molar-refractivity contribution in [3.05, 3.63) is 28.7 Å². The van der Waals surface area contributed by atoms with Gasteiger partial charge in [-0.3, -0.25) is 4.79 Å². The van der Waals surface area contributed by atoms with E-state index >= 15 is 0 Å². The Morgan fingerprint density at radius 3 is 2.39 bits per heavy atom. The third-order valence-electron chi connectivity index (χ3n) is 1.99. The highest BCUT2D eigenvalue weighted by molar-refractivity contribution is 9.10. The molecule has 1 aromatic carbocycles. The molecular formula is C13H17BrO3S. The molecule has 1 rings (SSSR count). The van der Waals surface area contributed by atoms with Crippen molar-refractivity contribution in [1.29, 1.82) is 0 Å². The summed E-state index contributed by atoms with van der Waals surface area (Å²) in [6.07, 6.45) is 0.167. The average molecular weight is 333 g/mol. The normalized spacial score (nSPS) is 13.2. The maximum atomic E-state index is 11.9. The van der Waals surface area contributed by atoms with Crippen molar-refractivity contribution in [3.63, 3.8) is 0 Å². The molecule has 0 spiro atoms. The van der Waals surface area contributed by atoms with Crippen molar-refractivity contribution >= 4 is 33.1 Å². The standard InChI is InChI=1S/C13H17BrO3S/c1-13(2,3)17-12(15)8-9-18(16)11-6-4-10(14)5-7-11/h4-7H,8-9H2,1-3H3. The van der Waals surface area contributed by atoms with E-state index in [4.69, 9.17) is 4.74 Å². The predicted molar refractivity (Wildman–Crippen MR) is 75.9 cm³/mol. The number of ether oxygens (including phenoxy) is 1. The van der Waals surface area contributed by atoms with Gasteiger partial charge in [-0.25, -0.2) is 0 Å². The van der Waals surface area contributed by atoms with Gasteiger partial charge in [0.15, 0.2) is 4.90 Å². The maximum Gasteiger partial charge on any atom is 0.311 e. The molecule has 1 aromatic rings. The Morgan fingerprint density at radius 2 is 1.89 bits per heavy atom. The summed E-state index contributed by atoms with van der Waals surface area (Å²) in [5, 5.41) is 0. The number of carbonyl (C=O) groups excluding carboxylic acids is 1. The first kappa shape index (κ1) is 15.5. The van der Waals surface area contributed by atoms with E-state index in [-0.39, 0.29) is 18.1 Å². The molecule has 0 N–H and O–H groups in total. The summed E-state index contributed by atoms with van der Waals surface area (Å²) in [6.45, 7) is 5.45. The van der Waals surface area contributed by atoms with Crippen LogP contribution < -0.4 is 0 Å². The topological polar surface area (TPSA) is 49.4 Å². The van der Waals surface area contributed by atoms with Crippen molar-refractivity contribution < 1.29 is 14.1 Å². The van der Waals surface area contributed by atoms with Gasteiger partial charge in [-0.2, -0.15) is 0 Å². The van der Waals surface area contributed by atoms with Crippen LogP contribution in [0.25, 0.3) is 0 Å². The van der Waals surface area contributed by atoms with Crippen LogP contribution in [0.1, 0.15) is 27.2 Å². The number of halogens is 1. The Morgan fingerprint density at radius 1 is 1.33 bits per heavy atom. The van der Waals surface area contributed by atoms with Crippen LogP contribution in [0, 0.1) is 0 Å². The van der Waals surface area contributed by atoms with Crippen molar-refractivity contribution in [3.8, 4) is 0 Å².